The number of aliphatic hydroxyl groups is 1. The molecule has 1 aliphatic heterocycles. The summed E-state index contributed by atoms with van der Waals surface area (Å²) in [6.45, 7) is 11.9. The van der Waals surface area contributed by atoms with E-state index >= 15 is 0 Å². The van der Waals surface area contributed by atoms with E-state index in [9.17, 15) is 9.90 Å². The van der Waals surface area contributed by atoms with Crippen LogP contribution in [0.4, 0.5) is 5.95 Å². The molecule has 0 spiro atoms. The summed E-state index contributed by atoms with van der Waals surface area (Å²) in [5.74, 6) is 1.01. The summed E-state index contributed by atoms with van der Waals surface area (Å²) < 4.78 is 3.24. The van der Waals surface area contributed by atoms with Crippen LogP contribution in [0.1, 0.15) is 58.1 Å². The van der Waals surface area contributed by atoms with E-state index in [4.69, 9.17) is 4.98 Å². The van der Waals surface area contributed by atoms with Gasteiger partial charge in [0.05, 0.1) is 12.2 Å². The Balaban J connectivity index is 1.49. The van der Waals surface area contributed by atoms with E-state index in [1.165, 1.54) is 25.7 Å². The second-order valence-electron chi connectivity index (χ2n) is 10.6. The van der Waals surface area contributed by atoms with E-state index in [0.29, 0.717) is 35.0 Å². The lowest BCUT2D eigenvalue weighted by molar-refractivity contribution is 0.0738. The van der Waals surface area contributed by atoms with E-state index < -0.39 is 5.60 Å². The second-order valence-corrected chi connectivity index (χ2v) is 10.6. The first-order chi connectivity index (χ1) is 18.3. The van der Waals surface area contributed by atoms with Crippen LogP contribution >= 0.6 is 0 Å². The fourth-order valence-corrected chi connectivity index (χ4v) is 4.97. The van der Waals surface area contributed by atoms with Crippen LogP contribution in [0, 0.1) is 0 Å². The molecular weight excluding hydrogens is 480 g/mol. The minimum atomic E-state index is -1.12. The number of anilines is 1. The van der Waals surface area contributed by atoms with Crippen LogP contribution in [0.5, 0.6) is 0 Å². The second kappa shape index (κ2) is 12.6. The standard InChI is InChI=1S/C28H42N8O2/c1-5-16-35-26(37)22-20-30-27(31-21-13-18-34(19-14-21)17-9-7-6-8-15-29-4)33-25(22)36(35)24-12-10-11-23(32-24)28(2,3)38/h5,10-12,20-21,29,38H,1,6-9,13-19H2,2-4H3,(H,30,31,33). The van der Waals surface area contributed by atoms with E-state index in [2.05, 4.69) is 32.1 Å². The van der Waals surface area contributed by atoms with Crippen molar-refractivity contribution in [3.63, 3.8) is 0 Å². The van der Waals surface area contributed by atoms with E-state index in [-0.39, 0.29) is 11.6 Å². The zero-order valence-electron chi connectivity index (χ0n) is 23.0. The highest BCUT2D eigenvalue weighted by Crippen LogP contribution is 2.22. The zero-order chi connectivity index (χ0) is 27.1. The summed E-state index contributed by atoms with van der Waals surface area (Å²) in [6.07, 6.45) is 10.4. The third kappa shape index (κ3) is 6.67. The monoisotopic (exact) mass is 522 g/mol. The third-order valence-electron chi connectivity index (χ3n) is 7.13. The van der Waals surface area contributed by atoms with Gasteiger partial charge in [0, 0.05) is 25.3 Å². The Bertz CT molecular complexity index is 1270. The lowest BCUT2D eigenvalue weighted by Gasteiger charge is -2.32. The molecule has 1 aliphatic rings. The highest BCUT2D eigenvalue weighted by atomic mass is 16.3. The third-order valence-corrected chi connectivity index (χ3v) is 7.13. The van der Waals surface area contributed by atoms with Crippen LogP contribution in [-0.4, -0.2) is 73.6 Å². The highest BCUT2D eigenvalue weighted by molar-refractivity contribution is 5.76. The predicted molar refractivity (Wildman–Crippen MR) is 152 cm³/mol. The van der Waals surface area contributed by atoms with Crippen molar-refractivity contribution in [3.05, 3.63) is 53.1 Å². The molecule has 10 heteroatoms. The van der Waals surface area contributed by atoms with Crippen molar-refractivity contribution in [1.82, 2.24) is 34.5 Å². The molecule has 0 aromatic carbocycles. The quantitative estimate of drug-likeness (QED) is 0.232. The first kappa shape index (κ1) is 27.9. The normalized spacial score (nSPS) is 15.3. The van der Waals surface area contributed by atoms with Crippen LogP contribution in [0.25, 0.3) is 16.9 Å². The van der Waals surface area contributed by atoms with Gasteiger partial charge in [-0.15, -0.1) is 6.58 Å². The van der Waals surface area contributed by atoms with Crippen LogP contribution < -0.4 is 16.2 Å². The summed E-state index contributed by atoms with van der Waals surface area (Å²) in [6, 6.07) is 5.68. The minimum absolute atomic E-state index is 0.207. The number of pyridine rings is 1. The van der Waals surface area contributed by atoms with Crippen molar-refractivity contribution in [1.29, 1.82) is 0 Å². The summed E-state index contributed by atoms with van der Waals surface area (Å²) in [4.78, 5) is 29.6. The average Bonchev–Trinajstić information content (AvgIpc) is 3.17. The Morgan fingerprint density at radius 1 is 1.16 bits per heavy atom. The molecule has 0 saturated carbocycles. The maximum atomic E-state index is 13.2. The Hall–Kier alpha value is -3.08. The molecule has 1 fully saturated rings. The number of rotatable bonds is 13. The molecule has 0 radical (unpaired) electrons. The molecule has 0 bridgehead atoms. The molecule has 1 saturated heterocycles. The lowest BCUT2D eigenvalue weighted by atomic mass is 10.0. The van der Waals surface area contributed by atoms with Crippen LogP contribution in [0.2, 0.25) is 0 Å². The van der Waals surface area contributed by atoms with Gasteiger partial charge >= 0.3 is 0 Å². The van der Waals surface area contributed by atoms with Crippen molar-refractivity contribution >= 4 is 17.0 Å². The van der Waals surface area contributed by atoms with E-state index in [1.807, 2.05) is 13.1 Å². The zero-order valence-corrected chi connectivity index (χ0v) is 23.0. The van der Waals surface area contributed by atoms with Gasteiger partial charge in [-0.25, -0.2) is 19.3 Å². The summed E-state index contributed by atoms with van der Waals surface area (Å²) in [7, 11) is 2.01. The molecule has 3 aromatic rings. The minimum Gasteiger partial charge on any atom is -0.384 e. The molecule has 4 heterocycles. The number of hydrogen-bond donors (Lipinski definition) is 3. The Labute approximate surface area is 224 Å². The molecule has 0 amide bonds. The molecule has 4 rings (SSSR count). The molecule has 10 nitrogen and oxygen atoms in total. The fourth-order valence-electron chi connectivity index (χ4n) is 4.97. The lowest BCUT2D eigenvalue weighted by Crippen LogP contribution is -2.39. The molecule has 0 unspecified atom stereocenters. The maximum Gasteiger partial charge on any atom is 0.278 e. The van der Waals surface area contributed by atoms with Crippen molar-refractivity contribution in [2.45, 2.75) is 70.6 Å². The first-order valence-electron chi connectivity index (χ1n) is 13.7. The molecule has 38 heavy (non-hydrogen) atoms. The van der Waals surface area contributed by atoms with E-state index in [0.717, 1.165) is 39.0 Å². The smallest absolute Gasteiger partial charge is 0.278 e. The van der Waals surface area contributed by atoms with Gasteiger partial charge in [-0.2, -0.15) is 4.98 Å². The van der Waals surface area contributed by atoms with Crippen LogP contribution in [0.3, 0.4) is 0 Å². The van der Waals surface area contributed by atoms with Gasteiger partial charge in [0.15, 0.2) is 11.5 Å². The van der Waals surface area contributed by atoms with Gasteiger partial charge in [0.25, 0.3) is 5.56 Å². The molecule has 0 aliphatic carbocycles. The maximum absolute atomic E-state index is 13.2. The topological polar surface area (TPSA) is 113 Å². The Morgan fingerprint density at radius 2 is 1.92 bits per heavy atom. The number of nitrogens with one attached hydrogen (secondary N) is 2. The first-order valence-corrected chi connectivity index (χ1v) is 13.7. The molecule has 3 N–H and O–H groups in total. The number of aromatic nitrogens is 5. The number of unbranched alkanes of at least 4 members (excludes halogenated alkanes) is 3. The van der Waals surface area contributed by atoms with Gasteiger partial charge in [-0.1, -0.05) is 25.0 Å². The van der Waals surface area contributed by atoms with Crippen molar-refractivity contribution in [2.24, 2.45) is 0 Å². The van der Waals surface area contributed by atoms with Gasteiger partial charge < -0.3 is 20.6 Å². The van der Waals surface area contributed by atoms with Gasteiger partial charge in [0.1, 0.15) is 11.0 Å². The molecular formula is C28H42N8O2. The van der Waals surface area contributed by atoms with Gasteiger partial charge in [-0.3, -0.25) is 4.79 Å². The van der Waals surface area contributed by atoms with Gasteiger partial charge in [-0.05, 0) is 71.8 Å². The Kier molecular flexibility index (Phi) is 9.30. The van der Waals surface area contributed by atoms with Crippen molar-refractivity contribution in [3.8, 4) is 5.82 Å². The predicted octanol–water partition coefficient (Wildman–Crippen LogP) is 3.05. The largest absolute Gasteiger partial charge is 0.384 e. The summed E-state index contributed by atoms with van der Waals surface area (Å²) in [5, 5.41) is 17.6. The van der Waals surface area contributed by atoms with E-state index in [1.54, 1.807) is 47.6 Å². The van der Waals surface area contributed by atoms with Crippen molar-refractivity contribution in [2.75, 3.05) is 38.5 Å². The van der Waals surface area contributed by atoms with Gasteiger partial charge in [0.2, 0.25) is 5.95 Å². The Morgan fingerprint density at radius 3 is 2.63 bits per heavy atom. The number of allylic oxidation sites excluding steroid dienone is 1. The highest BCUT2D eigenvalue weighted by Gasteiger charge is 2.23. The fraction of sp³-hybridized carbons (Fsp3) is 0.571. The number of hydrogen-bond acceptors (Lipinski definition) is 8. The average molecular weight is 523 g/mol. The van der Waals surface area contributed by atoms with Crippen molar-refractivity contribution < 1.29 is 5.11 Å². The number of likely N-dealkylation sites (tertiary alicyclic amines) is 1. The SMILES string of the molecule is C=CCn1c(=O)c2cnc(NC3CCN(CCCCCCNC)CC3)nc2n1-c1cccc(C(C)(C)O)n1. The molecule has 0 atom stereocenters. The summed E-state index contributed by atoms with van der Waals surface area (Å²) in [5.41, 5.74) is -0.343. The molecule has 206 valence electrons. The summed E-state index contributed by atoms with van der Waals surface area (Å²) >= 11 is 0. The van der Waals surface area contributed by atoms with Crippen LogP contribution in [0.15, 0.2) is 41.8 Å². The van der Waals surface area contributed by atoms with Crippen LogP contribution in [-0.2, 0) is 12.1 Å². The number of nitrogens with zero attached hydrogens (tertiary/aromatic N) is 6. The number of fused-ring (bicyclic) bond motifs is 1. The molecule has 3 aromatic heterocycles. The number of piperidine rings is 1.